The van der Waals surface area contributed by atoms with E-state index >= 15 is 0 Å². The summed E-state index contributed by atoms with van der Waals surface area (Å²) in [6.07, 6.45) is 1.67. The highest BCUT2D eigenvalue weighted by molar-refractivity contribution is 5.73. The van der Waals surface area contributed by atoms with Gasteiger partial charge in [0.1, 0.15) is 0 Å². The number of hydrogen-bond donors (Lipinski definition) is 0. The molecule has 1 aliphatic heterocycles. The first kappa shape index (κ1) is 14.1. The Labute approximate surface area is 128 Å². The van der Waals surface area contributed by atoms with Crippen molar-refractivity contribution in [2.24, 2.45) is 0 Å². The van der Waals surface area contributed by atoms with Crippen LogP contribution < -0.4 is 4.90 Å². The van der Waals surface area contributed by atoms with Crippen molar-refractivity contribution in [3.8, 4) is 17.4 Å². The molecule has 1 aromatic carbocycles. The summed E-state index contributed by atoms with van der Waals surface area (Å²) in [7, 11) is 0. The standard InChI is InChI=1S/C16H16N4O2/c1-12(21)19-5-7-20(8-6-19)16-18-11-15(22-16)14-4-2-3-13(9-14)10-17/h2-4,9,11H,5-8H2,1H3. The van der Waals surface area contributed by atoms with E-state index in [4.69, 9.17) is 9.68 Å². The number of amides is 1. The van der Waals surface area contributed by atoms with E-state index in [0.717, 1.165) is 5.56 Å². The number of aromatic nitrogens is 1. The minimum Gasteiger partial charge on any atom is -0.423 e. The Morgan fingerprint density at radius 1 is 1.32 bits per heavy atom. The SMILES string of the molecule is CC(=O)N1CCN(c2ncc(-c3cccc(C#N)c3)o2)CC1. The molecule has 22 heavy (non-hydrogen) atoms. The van der Waals surface area contributed by atoms with Crippen molar-refractivity contribution in [1.82, 2.24) is 9.88 Å². The predicted octanol–water partition coefficient (Wildman–Crippen LogP) is 1.88. The van der Waals surface area contributed by atoms with Crippen molar-refractivity contribution < 1.29 is 9.21 Å². The van der Waals surface area contributed by atoms with E-state index in [-0.39, 0.29) is 5.91 Å². The molecule has 1 aromatic heterocycles. The van der Waals surface area contributed by atoms with E-state index in [1.807, 2.05) is 21.9 Å². The van der Waals surface area contributed by atoms with E-state index in [1.165, 1.54) is 0 Å². The second kappa shape index (κ2) is 5.90. The number of oxazole rings is 1. The quantitative estimate of drug-likeness (QED) is 0.846. The van der Waals surface area contributed by atoms with Crippen LogP contribution in [0.15, 0.2) is 34.9 Å². The highest BCUT2D eigenvalue weighted by atomic mass is 16.4. The first-order valence-electron chi connectivity index (χ1n) is 7.14. The molecule has 2 aromatic rings. The van der Waals surface area contributed by atoms with Crippen molar-refractivity contribution in [2.75, 3.05) is 31.1 Å². The second-order valence-corrected chi connectivity index (χ2v) is 5.19. The molecule has 0 aliphatic carbocycles. The molecule has 1 fully saturated rings. The molecule has 0 radical (unpaired) electrons. The van der Waals surface area contributed by atoms with Crippen molar-refractivity contribution in [3.05, 3.63) is 36.0 Å². The molecule has 3 rings (SSSR count). The monoisotopic (exact) mass is 296 g/mol. The van der Waals surface area contributed by atoms with Gasteiger partial charge in [-0.2, -0.15) is 5.26 Å². The summed E-state index contributed by atoms with van der Waals surface area (Å²) >= 11 is 0. The number of anilines is 1. The molecular formula is C16H16N4O2. The Balaban J connectivity index is 1.74. The van der Waals surface area contributed by atoms with Gasteiger partial charge in [-0.3, -0.25) is 4.79 Å². The summed E-state index contributed by atoms with van der Waals surface area (Å²) in [6.45, 7) is 4.35. The lowest BCUT2D eigenvalue weighted by molar-refractivity contribution is -0.129. The normalized spacial score (nSPS) is 14.7. The average molecular weight is 296 g/mol. The van der Waals surface area contributed by atoms with Crippen LogP contribution in [0.2, 0.25) is 0 Å². The fourth-order valence-electron chi connectivity index (χ4n) is 2.50. The molecule has 1 amide bonds. The van der Waals surface area contributed by atoms with Gasteiger partial charge in [-0.25, -0.2) is 4.98 Å². The van der Waals surface area contributed by atoms with Crippen molar-refractivity contribution in [2.45, 2.75) is 6.92 Å². The van der Waals surface area contributed by atoms with Crippen molar-refractivity contribution in [3.63, 3.8) is 0 Å². The maximum Gasteiger partial charge on any atom is 0.297 e. The van der Waals surface area contributed by atoms with Crippen LogP contribution in [-0.4, -0.2) is 42.0 Å². The molecule has 0 atom stereocenters. The number of piperazine rings is 1. The zero-order valence-corrected chi connectivity index (χ0v) is 12.3. The van der Waals surface area contributed by atoms with Gasteiger partial charge in [0.15, 0.2) is 5.76 Å². The first-order chi connectivity index (χ1) is 10.7. The Bertz CT molecular complexity index is 724. The minimum atomic E-state index is 0.0982. The highest BCUT2D eigenvalue weighted by Crippen LogP contribution is 2.25. The number of hydrogen-bond acceptors (Lipinski definition) is 5. The van der Waals surface area contributed by atoms with E-state index in [0.29, 0.717) is 43.5 Å². The summed E-state index contributed by atoms with van der Waals surface area (Å²) in [5.41, 5.74) is 1.42. The van der Waals surface area contributed by atoms with Crippen LogP contribution >= 0.6 is 0 Å². The Hall–Kier alpha value is -2.81. The zero-order chi connectivity index (χ0) is 15.5. The largest absolute Gasteiger partial charge is 0.423 e. The number of benzene rings is 1. The van der Waals surface area contributed by atoms with Crippen LogP contribution in [0.25, 0.3) is 11.3 Å². The highest BCUT2D eigenvalue weighted by Gasteiger charge is 2.22. The molecule has 0 spiro atoms. The lowest BCUT2D eigenvalue weighted by atomic mass is 10.1. The molecule has 1 saturated heterocycles. The average Bonchev–Trinajstić information content (AvgIpc) is 3.05. The van der Waals surface area contributed by atoms with Gasteiger partial charge in [-0.05, 0) is 12.1 Å². The third kappa shape index (κ3) is 2.79. The fourth-order valence-corrected chi connectivity index (χ4v) is 2.50. The van der Waals surface area contributed by atoms with Crippen LogP contribution in [0.1, 0.15) is 12.5 Å². The molecule has 1 aliphatic rings. The molecule has 0 N–H and O–H groups in total. The summed E-state index contributed by atoms with van der Waals surface area (Å²) in [6, 6.07) is 9.91. The third-order valence-electron chi connectivity index (χ3n) is 3.77. The van der Waals surface area contributed by atoms with Gasteiger partial charge in [-0.15, -0.1) is 0 Å². The Morgan fingerprint density at radius 3 is 2.77 bits per heavy atom. The van der Waals surface area contributed by atoms with Gasteiger partial charge in [0.05, 0.1) is 17.8 Å². The maximum atomic E-state index is 11.3. The predicted molar refractivity (Wildman–Crippen MR) is 81.1 cm³/mol. The van der Waals surface area contributed by atoms with Gasteiger partial charge in [0.2, 0.25) is 5.91 Å². The Morgan fingerprint density at radius 2 is 2.09 bits per heavy atom. The molecule has 112 valence electrons. The maximum absolute atomic E-state index is 11.3. The van der Waals surface area contributed by atoms with E-state index in [2.05, 4.69) is 11.1 Å². The van der Waals surface area contributed by atoms with Crippen molar-refractivity contribution in [1.29, 1.82) is 5.26 Å². The van der Waals surface area contributed by atoms with Crippen LogP contribution in [0.5, 0.6) is 0 Å². The van der Waals surface area contributed by atoms with Crippen molar-refractivity contribution >= 4 is 11.9 Å². The molecule has 2 heterocycles. The van der Waals surface area contributed by atoms with E-state index in [9.17, 15) is 4.79 Å². The number of carbonyl (C=O) groups excluding carboxylic acids is 1. The van der Waals surface area contributed by atoms with E-state index < -0.39 is 0 Å². The number of nitrogens with zero attached hydrogens (tertiary/aromatic N) is 4. The topological polar surface area (TPSA) is 73.4 Å². The summed E-state index contributed by atoms with van der Waals surface area (Å²) in [5, 5.41) is 8.95. The van der Waals surface area contributed by atoms with Crippen LogP contribution in [0, 0.1) is 11.3 Å². The number of rotatable bonds is 2. The van der Waals surface area contributed by atoms with Crippen LogP contribution in [0.4, 0.5) is 6.01 Å². The number of carbonyl (C=O) groups is 1. The van der Waals surface area contributed by atoms with Gasteiger partial charge in [-0.1, -0.05) is 12.1 Å². The summed E-state index contributed by atoms with van der Waals surface area (Å²) < 4.78 is 5.81. The smallest absolute Gasteiger partial charge is 0.297 e. The van der Waals surface area contributed by atoms with Gasteiger partial charge in [0, 0.05) is 38.7 Å². The first-order valence-corrected chi connectivity index (χ1v) is 7.14. The summed E-state index contributed by atoms with van der Waals surface area (Å²) in [4.78, 5) is 19.5. The Kier molecular flexibility index (Phi) is 3.79. The third-order valence-corrected chi connectivity index (χ3v) is 3.77. The molecule has 0 saturated carbocycles. The molecule has 0 bridgehead atoms. The lowest BCUT2D eigenvalue weighted by Gasteiger charge is -2.33. The molecule has 0 unspecified atom stereocenters. The van der Waals surface area contributed by atoms with E-state index in [1.54, 1.807) is 25.3 Å². The van der Waals surface area contributed by atoms with Crippen LogP contribution in [-0.2, 0) is 4.79 Å². The summed E-state index contributed by atoms with van der Waals surface area (Å²) in [5.74, 6) is 0.738. The van der Waals surface area contributed by atoms with Gasteiger partial charge < -0.3 is 14.2 Å². The molecule has 6 nitrogen and oxygen atoms in total. The molecule has 6 heteroatoms. The lowest BCUT2D eigenvalue weighted by Crippen LogP contribution is -2.48. The fraction of sp³-hybridized carbons (Fsp3) is 0.312. The minimum absolute atomic E-state index is 0.0982. The van der Waals surface area contributed by atoms with Gasteiger partial charge >= 0.3 is 0 Å². The molecular weight excluding hydrogens is 280 g/mol. The van der Waals surface area contributed by atoms with Gasteiger partial charge in [0.25, 0.3) is 6.01 Å². The number of nitriles is 1. The zero-order valence-electron chi connectivity index (χ0n) is 12.3. The van der Waals surface area contributed by atoms with Crippen LogP contribution in [0.3, 0.4) is 0 Å². The second-order valence-electron chi connectivity index (χ2n) is 5.19.